The highest BCUT2D eigenvalue weighted by atomic mass is 16.5. The number of aromatic nitrogens is 1. The van der Waals surface area contributed by atoms with Crippen molar-refractivity contribution in [1.82, 2.24) is 20.5 Å². The maximum absolute atomic E-state index is 13.5. The van der Waals surface area contributed by atoms with E-state index in [9.17, 15) is 14.4 Å². The molecule has 9 nitrogen and oxygen atoms in total. The van der Waals surface area contributed by atoms with Crippen molar-refractivity contribution < 1.29 is 19.1 Å². The molecule has 2 atom stereocenters. The Labute approximate surface area is 203 Å². The molecule has 182 valence electrons. The summed E-state index contributed by atoms with van der Waals surface area (Å²) in [5.74, 6) is -0.105. The normalized spacial score (nSPS) is 16.0. The van der Waals surface area contributed by atoms with E-state index in [0.717, 1.165) is 16.3 Å². The van der Waals surface area contributed by atoms with E-state index in [2.05, 4.69) is 15.6 Å². The predicted octanol–water partition coefficient (Wildman–Crippen LogP) is 2.91. The molecule has 0 saturated carbocycles. The molecule has 0 aliphatic carbocycles. The van der Waals surface area contributed by atoms with Gasteiger partial charge in [0.15, 0.2) is 0 Å². The highest BCUT2D eigenvalue weighted by molar-refractivity contribution is 5.93. The van der Waals surface area contributed by atoms with Crippen LogP contribution in [0.25, 0.3) is 10.8 Å². The molecule has 2 heterocycles. The third kappa shape index (κ3) is 5.51. The average Bonchev–Trinajstić information content (AvgIpc) is 3.36. The van der Waals surface area contributed by atoms with Gasteiger partial charge in [0.05, 0.1) is 6.61 Å². The molecule has 3 aromatic rings. The van der Waals surface area contributed by atoms with Crippen molar-refractivity contribution in [2.75, 3.05) is 18.9 Å². The van der Waals surface area contributed by atoms with Crippen LogP contribution in [0.5, 0.6) is 0 Å². The van der Waals surface area contributed by atoms with Crippen LogP contribution < -0.4 is 16.4 Å². The smallest absolute Gasteiger partial charge is 0.408 e. The molecule has 35 heavy (non-hydrogen) atoms. The molecule has 1 aromatic heterocycles. The number of fused-ring (bicyclic) bond motifs is 1. The number of nitrogens with one attached hydrogen (secondary N) is 2. The summed E-state index contributed by atoms with van der Waals surface area (Å²) in [6.45, 7) is 2.64. The maximum Gasteiger partial charge on any atom is 0.408 e. The summed E-state index contributed by atoms with van der Waals surface area (Å²) < 4.78 is 4.99. The number of hydrogen-bond acceptors (Lipinski definition) is 6. The lowest BCUT2D eigenvalue weighted by Gasteiger charge is -2.28. The fourth-order valence-corrected chi connectivity index (χ4v) is 4.36. The monoisotopic (exact) mass is 475 g/mol. The zero-order valence-corrected chi connectivity index (χ0v) is 19.6. The van der Waals surface area contributed by atoms with E-state index in [1.54, 1.807) is 42.3 Å². The Morgan fingerprint density at radius 3 is 2.74 bits per heavy atom. The molecule has 0 spiro atoms. The van der Waals surface area contributed by atoms with Gasteiger partial charge in [0, 0.05) is 24.7 Å². The largest absolute Gasteiger partial charge is 0.450 e. The first-order valence-electron chi connectivity index (χ1n) is 11.7. The Balaban J connectivity index is 1.46. The standard InChI is InChI=1S/C26H29N5O4/c1-2-35-26(34)30-22(18-7-4-3-5-8-18)25(33)31-14-6-9-21(31)24(32)29-16-17-10-11-20-19(15-17)12-13-28-23(20)27/h3-5,7-8,10-13,15,21-22H,2,6,9,14,16H2,1H3,(H2,27,28)(H,29,32)(H,30,34)/t21?,22-/m1/s1. The number of amides is 3. The summed E-state index contributed by atoms with van der Waals surface area (Å²) in [5, 5.41) is 7.40. The molecule has 1 saturated heterocycles. The second-order valence-corrected chi connectivity index (χ2v) is 8.37. The van der Waals surface area contributed by atoms with Crippen molar-refractivity contribution in [2.45, 2.75) is 38.4 Å². The number of nitrogen functional groups attached to an aromatic ring is 1. The van der Waals surface area contributed by atoms with Gasteiger partial charge < -0.3 is 26.0 Å². The summed E-state index contributed by atoms with van der Waals surface area (Å²) in [7, 11) is 0. The molecular weight excluding hydrogens is 446 g/mol. The van der Waals surface area contributed by atoms with Gasteiger partial charge >= 0.3 is 6.09 Å². The summed E-state index contributed by atoms with van der Waals surface area (Å²) in [6.07, 6.45) is 2.23. The highest BCUT2D eigenvalue weighted by Crippen LogP contribution is 2.25. The van der Waals surface area contributed by atoms with Gasteiger partial charge in [0.25, 0.3) is 5.91 Å². The quantitative estimate of drug-likeness (QED) is 0.482. The molecule has 0 bridgehead atoms. The summed E-state index contributed by atoms with van der Waals surface area (Å²) in [5.41, 5.74) is 7.46. The molecule has 4 rings (SSSR count). The number of benzene rings is 2. The molecule has 2 aromatic carbocycles. The van der Waals surface area contributed by atoms with Crippen LogP contribution in [0.2, 0.25) is 0 Å². The van der Waals surface area contributed by atoms with Crippen molar-refractivity contribution in [1.29, 1.82) is 0 Å². The highest BCUT2D eigenvalue weighted by Gasteiger charge is 2.38. The van der Waals surface area contributed by atoms with Gasteiger partial charge in [0.1, 0.15) is 17.9 Å². The molecule has 0 radical (unpaired) electrons. The van der Waals surface area contributed by atoms with E-state index in [-0.39, 0.29) is 18.4 Å². The van der Waals surface area contributed by atoms with E-state index >= 15 is 0 Å². The van der Waals surface area contributed by atoms with Crippen molar-refractivity contribution in [3.05, 3.63) is 71.9 Å². The molecule has 3 amide bonds. The van der Waals surface area contributed by atoms with Crippen LogP contribution in [0.15, 0.2) is 60.8 Å². The lowest BCUT2D eigenvalue weighted by molar-refractivity contribution is -0.140. The van der Waals surface area contributed by atoms with Crippen LogP contribution >= 0.6 is 0 Å². The molecule has 9 heteroatoms. The number of carbonyl (C=O) groups is 3. The van der Waals surface area contributed by atoms with Crippen LogP contribution in [-0.2, 0) is 20.9 Å². The van der Waals surface area contributed by atoms with Gasteiger partial charge in [-0.2, -0.15) is 0 Å². The van der Waals surface area contributed by atoms with Crippen molar-refractivity contribution in [3.63, 3.8) is 0 Å². The number of alkyl carbamates (subject to hydrolysis) is 1. The molecular formula is C26H29N5O4. The first-order valence-corrected chi connectivity index (χ1v) is 11.7. The van der Waals surface area contributed by atoms with Crippen molar-refractivity contribution in [3.8, 4) is 0 Å². The van der Waals surface area contributed by atoms with E-state index < -0.39 is 18.2 Å². The summed E-state index contributed by atoms with van der Waals surface area (Å²) >= 11 is 0. The number of hydrogen-bond donors (Lipinski definition) is 3. The SMILES string of the molecule is CCOC(=O)N[C@@H](C(=O)N1CCCC1C(=O)NCc1ccc2c(N)nccc2c1)c1ccccc1. The molecule has 1 unspecified atom stereocenters. The zero-order valence-electron chi connectivity index (χ0n) is 19.6. The van der Waals surface area contributed by atoms with Crippen LogP contribution in [0.1, 0.15) is 36.9 Å². The minimum absolute atomic E-state index is 0.189. The lowest BCUT2D eigenvalue weighted by atomic mass is 10.0. The Morgan fingerprint density at radius 1 is 1.17 bits per heavy atom. The molecule has 1 aliphatic heterocycles. The second-order valence-electron chi connectivity index (χ2n) is 8.37. The van der Waals surface area contributed by atoms with Gasteiger partial charge in [-0.05, 0) is 48.4 Å². The lowest BCUT2D eigenvalue weighted by Crippen LogP contribution is -2.50. The first kappa shape index (κ1) is 24.0. The third-order valence-electron chi connectivity index (χ3n) is 6.08. The van der Waals surface area contributed by atoms with Crippen LogP contribution in [-0.4, -0.2) is 47.0 Å². The number of likely N-dealkylation sites (tertiary alicyclic amines) is 1. The average molecular weight is 476 g/mol. The number of nitrogens with zero attached hydrogens (tertiary/aromatic N) is 2. The third-order valence-corrected chi connectivity index (χ3v) is 6.08. The number of pyridine rings is 1. The van der Waals surface area contributed by atoms with E-state index in [1.807, 2.05) is 30.3 Å². The van der Waals surface area contributed by atoms with E-state index in [4.69, 9.17) is 10.5 Å². The Hall–Kier alpha value is -4.14. The zero-order chi connectivity index (χ0) is 24.8. The van der Waals surface area contributed by atoms with Crippen molar-refractivity contribution >= 4 is 34.5 Å². The minimum atomic E-state index is -0.941. The van der Waals surface area contributed by atoms with E-state index in [1.165, 1.54) is 0 Å². The Morgan fingerprint density at radius 2 is 1.97 bits per heavy atom. The van der Waals surface area contributed by atoms with Gasteiger partial charge in [-0.15, -0.1) is 0 Å². The van der Waals surface area contributed by atoms with Gasteiger partial charge in [-0.1, -0.05) is 42.5 Å². The van der Waals surface area contributed by atoms with Gasteiger partial charge in [-0.25, -0.2) is 9.78 Å². The number of ether oxygens (including phenoxy) is 1. The second kappa shape index (κ2) is 10.9. The predicted molar refractivity (Wildman–Crippen MR) is 132 cm³/mol. The molecule has 1 fully saturated rings. The fourth-order valence-electron chi connectivity index (χ4n) is 4.36. The topological polar surface area (TPSA) is 127 Å². The Bertz CT molecular complexity index is 1220. The molecule has 4 N–H and O–H groups in total. The first-order chi connectivity index (χ1) is 17.0. The fraction of sp³-hybridized carbons (Fsp3) is 0.308. The van der Waals surface area contributed by atoms with Crippen LogP contribution in [0, 0.1) is 0 Å². The summed E-state index contributed by atoms with van der Waals surface area (Å²) in [6, 6.07) is 15.0. The summed E-state index contributed by atoms with van der Waals surface area (Å²) in [4.78, 5) is 44.4. The van der Waals surface area contributed by atoms with Crippen LogP contribution in [0.4, 0.5) is 10.6 Å². The maximum atomic E-state index is 13.5. The number of anilines is 1. The number of rotatable bonds is 7. The molecule has 1 aliphatic rings. The van der Waals surface area contributed by atoms with Crippen LogP contribution in [0.3, 0.4) is 0 Å². The van der Waals surface area contributed by atoms with Crippen molar-refractivity contribution in [2.24, 2.45) is 0 Å². The van der Waals surface area contributed by atoms with E-state index in [0.29, 0.717) is 37.3 Å². The van der Waals surface area contributed by atoms with Gasteiger partial charge in [-0.3, -0.25) is 9.59 Å². The minimum Gasteiger partial charge on any atom is -0.450 e. The van der Waals surface area contributed by atoms with Gasteiger partial charge in [0.2, 0.25) is 5.91 Å². The number of nitrogens with two attached hydrogens (primary N) is 1. The number of carbonyl (C=O) groups excluding carboxylic acids is 3. The Kier molecular flexibility index (Phi) is 7.45.